The van der Waals surface area contributed by atoms with Crippen molar-refractivity contribution in [1.29, 1.82) is 0 Å². The molecule has 0 aliphatic heterocycles. The van der Waals surface area contributed by atoms with Gasteiger partial charge >= 0.3 is 0 Å². The highest BCUT2D eigenvalue weighted by Crippen LogP contribution is 2.32. The quantitative estimate of drug-likeness (QED) is 0.251. The number of hydrogen-bond donors (Lipinski definition) is 3. The summed E-state index contributed by atoms with van der Waals surface area (Å²) in [6, 6.07) is 27.8. The van der Waals surface area contributed by atoms with Crippen LogP contribution in [0.4, 0.5) is 0 Å². The number of carbonyl (C=O) groups is 2. The molecule has 6 aromatic rings. The van der Waals surface area contributed by atoms with Crippen LogP contribution in [-0.4, -0.2) is 27.8 Å². The molecule has 0 saturated heterocycles. The number of hydrogen-bond acceptors (Lipinski definition) is 3. The SMILES string of the molecule is NC(=O)C(Cc1ccc2ccccc2c1)NC(=O)c1cc(-c2c[nH]c3ccc(Cl)cc23)nc2ccccc12. The van der Waals surface area contributed by atoms with Crippen LogP contribution in [-0.2, 0) is 11.2 Å². The fraction of sp³-hybridized carbons (Fsp3) is 0.0645. The van der Waals surface area contributed by atoms with E-state index in [-0.39, 0.29) is 6.42 Å². The van der Waals surface area contributed by atoms with Crippen molar-refractivity contribution in [3.05, 3.63) is 113 Å². The minimum absolute atomic E-state index is 0.280. The third-order valence-corrected chi connectivity index (χ3v) is 7.02. The Labute approximate surface area is 223 Å². The van der Waals surface area contributed by atoms with Gasteiger partial charge in [-0.1, -0.05) is 72.3 Å². The lowest BCUT2D eigenvalue weighted by Crippen LogP contribution is -2.45. The van der Waals surface area contributed by atoms with E-state index < -0.39 is 17.9 Å². The second kappa shape index (κ2) is 9.65. The minimum Gasteiger partial charge on any atom is -0.368 e. The first-order valence-electron chi connectivity index (χ1n) is 12.2. The van der Waals surface area contributed by atoms with Crippen molar-refractivity contribution in [1.82, 2.24) is 15.3 Å². The maximum atomic E-state index is 13.6. The van der Waals surface area contributed by atoms with Crippen LogP contribution >= 0.6 is 11.6 Å². The number of amides is 2. The Balaban J connectivity index is 1.37. The van der Waals surface area contributed by atoms with Gasteiger partial charge in [-0.25, -0.2) is 4.98 Å². The Hall–Kier alpha value is -4.68. The van der Waals surface area contributed by atoms with E-state index in [0.29, 0.717) is 27.2 Å². The second-order valence-corrected chi connectivity index (χ2v) is 9.71. The maximum absolute atomic E-state index is 13.6. The van der Waals surface area contributed by atoms with E-state index in [4.69, 9.17) is 22.3 Å². The van der Waals surface area contributed by atoms with Crippen LogP contribution in [0.15, 0.2) is 97.2 Å². The van der Waals surface area contributed by atoms with Gasteiger partial charge < -0.3 is 16.0 Å². The van der Waals surface area contributed by atoms with Crippen molar-refractivity contribution in [2.45, 2.75) is 12.5 Å². The third-order valence-electron chi connectivity index (χ3n) is 6.78. The largest absolute Gasteiger partial charge is 0.368 e. The van der Waals surface area contributed by atoms with Gasteiger partial charge in [-0.2, -0.15) is 0 Å². The van der Waals surface area contributed by atoms with Gasteiger partial charge in [0.2, 0.25) is 5.91 Å². The molecule has 6 rings (SSSR count). The number of primary amides is 1. The van der Waals surface area contributed by atoms with Crippen molar-refractivity contribution in [3.8, 4) is 11.3 Å². The molecule has 4 aromatic carbocycles. The molecule has 186 valence electrons. The van der Waals surface area contributed by atoms with E-state index in [9.17, 15) is 9.59 Å². The number of fused-ring (bicyclic) bond motifs is 3. The van der Waals surface area contributed by atoms with Crippen LogP contribution in [0.5, 0.6) is 0 Å². The Morgan fingerprint density at radius 3 is 2.53 bits per heavy atom. The number of benzene rings is 4. The number of nitrogens with one attached hydrogen (secondary N) is 2. The van der Waals surface area contributed by atoms with Gasteiger partial charge in [0, 0.05) is 39.5 Å². The highest BCUT2D eigenvalue weighted by Gasteiger charge is 2.22. The van der Waals surface area contributed by atoms with Gasteiger partial charge in [-0.3, -0.25) is 9.59 Å². The number of H-pyrrole nitrogens is 1. The molecule has 0 fully saturated rings. The van der Waals surface area contributed by atoms with E-state index in [1.165, 1.54) is 0 Å². The molecular formula is C31H23ClN4O2. The number of pyridine rings is 1. The normalized spacial score (nSPS) is 12.1. The van der Waals surface area contributed by atoms with Crippen molar-refractivity contribution < 1.29 is 9.59 Å². The van der Waals surface area contributed by atoms with Crippen LogP contribution in [0, 0.1) is 0 Å². The van der Waals surface area contributed by atoms with Crippen LogP contribution in [0.3, 0.4) is 0 Å². The summed E-state index contributed by atoms with van der Waals surface area (Å²) in [4.78, 5) is 34.1. The number of nitrogens with two attached hydrogens (primary N) is 1. The Bertz CT molecular complexity index is 1860. The van der Waals surface area contributed by atoms with Crippen molar-refractivity contribution in [2.24, 2.45) is 5.73 Å². The molecule has 0 spiro atoms. The number of halogens is 1. The van der Waals surface area contributed by atoms with E-state index in [0.717, 1.165) is 32.8 Å². The molecule has 0 saturated carbocycles. The summed E-state index contributed by atoms with van der Waals surface area (Å²) in [7, 11) is 0. The van der Waals surface area contributed by atoms with Gasteiger partial charge in [-0.05, 0) is 46.7 Å². The van der Waals surface area contributed by atoms with Crippen LogP contribution in [0.25, 0.3) is 43.8 Å². The number of carbonyl (C=O) groups excluding carboxylic acids is 2. The molecule has 2 heterocycles. The number of rotatable bonds is 6. The standard InChI is InChI=1S/C31H23ClN4O2/c32-21-11-12-26-23(15-21)25(17-34-26)28-16-24(22-7-3-4-8-27(22)35-28)31(38)36-29(30(33)37)14-18-9-10-19-5-1-2-6-20(19)13-18/h1-13,15-17,29,34H,14H2,(H2,33,37)(H,36,38). The lowest BCUT2D eigenvalue weighted by atomic mass is 10.00. The molecule has 2 amide bonds. The van der Waals surface area contributed by atoms with Gasteiger partial charge in [0.1, 0.15) is 6.04 Å². The van der Waals surface area contributed by atoms with Gasteiger partial charge in [0.05, 0.1) is 16.8 Å². The molecule has 6 nitrogen and oxygen atoms in total. The van der Waals surface area contributed by atoms with Crippen LogP contribution < -0.4 is 11.1 Å². The summed E-state index contributed by atoms with van der Waals surface area (Å²) >= 11 is 6.26. The van der Waals surface area contributed by atoms with E-state index in [2.05, 4.69) is 10.3 Å². The molecule has 1 unspecified atom stereocenters. The summed E-state index contributed by atoms with van der Waals surface area (Å²) in [6.07, 6.45) is 2.13. The fourth-order valence-corrected chi connectivity index (χ4v) is 5.04. The summed E-state index contributed by atoms with van der Waals surface area (Å²) in [5, 5.41) is 7.22. The van der Waals surface area contributed by atoms with E-state index in [1.807, 2.05) is 91.1 Å². The first kappa shape index (κ1) is 23.7. The molecule has 0 aliphatic carbocycles. The van der Waals surface area contributed by atoms with E-state index >= 15 is 0 Å². The lowest BCUT2D eigenvalue weighted by molar-refractivity contribution is -0.119. The molecule has 2 aromatic heterocycles. The van der Waals surface area contributed by atoms with Gasteiger partial charge in [0.25, 0.3) is 5.91 Å². The molecule has 4 N–H and O–H groups in total. The first-order chi connectivity index (χ1) is 18.5. The molecule has 1 atom stereocenters. The summed E-state index contributed by atoms with van der Waals surface area (Å²) in [6.45, 7) is 0. The number of aromatic nitrogens is 2. The number of aromatic amines is 1. The molecule has 0 radical (unpaired) electrons. The topological polar surface area (TPSA) is 101 Å². The molecule has 38 heavy (non-hydrogen) atoms. The molecular weight excluding hydrogens is 496 g/mol. The second-order valence-electron chi connectivity index (χ2n) is 9.28. The van der Waals surface area contributed by atoms with Gasteiger partial charge in [0.15, 0.2) is 0 Å². The van der Waals surface area contributed by atoms with Gasteiger partial charge in [-0.15, -0.1) is 0 Å². The predicted molar refractivity (Wildman–Crippen MR) is 152 cm³/mol. The highest BCUT2D eigenvalue weighted by atomic mass is 35.5. The highest BCUT2D eigenvalue weighted by molar-refractivity contribution is 6.31. The summed E-state index contributed by atoms with van der Waals surface area (Å²) < 4.78 is 0. The van der Waals surface area contributed by atoms with E-state index in [1.54, 1.807) is 6.07 Å². The van der Waals surface area contributed by atoms with Crippen LogP contribution in [0.2, 0.25) is 5.02 Å². The average molecular weight is 519 g/mol. The first-order valence-corrected chi connectivity index (χ1v) is 12.6. The smallest absolute Gasteiger partial charge is 0.252 e. The van der Waals surface area contributed by atoms with Crippen LogP contribution in [0.1, 0.15) is 15.9 Å². The summed E-state index contributed by atoms with van der Waals surface area (Å²) in [5.74, 6) is -0.997. The Kier molecular flexibility index (Phi) is 6.02. The van der Waals surface area contributed by atoms with Crippen molar-refractivity contribution in [2.75, 3.05) is 0 Å². The van der Waals surface area contributed by atoms with Crippen molar-refractivity contribution in [3.63, 3.8) is 0 Å². The lowest BCUT2D eigenvalue weighted by Gasteiger charge is -2.17. The number of para-hydroxylation sites is 1. The zero-order valence-corrected chi connectivity index (χ0v) is 21.0. The molecule has 0 bridgehead atoms. The average Bonchev–Trinajstić information content (AvgIpc) is 3.35. The number of nitrogens with zero attached hydrogens (tertiary/aromatic N) is 1. The molecule has 0 aliphatic rings. The monoisotopic (exact) mass is 518 g/mol. The molecule has 7 heteroatoms. The fourth-order valence-electron chi connectivity index (χ4n) is 4.87. The van der Waals surface area contributed by atoms with Crippen molar-refractivity contribution >= 4 is 56.0 Å². The minimum atomic E-state index is -0.883. The third kappa shape index (κ3) is 4.46. The predicted octanol–water partition coefficient (Wildman–Crippen LogP) is 6.02. The Morgan fingerprint density at radius 1 is 0.895 bits per heavy atom. The Morgan fingerprint density at radius 2 is 1.68 bits per heavy atom. The maximum Gasteiger partial charge on any atom is 0.252 e. The zero-order valence-electron chi connectivity index (χ0n) is 20.2. The zero-order chi connectivity index (χ0) is 26.2. The summed E-state index contributed by atoms with van der Waals surface area (Å²) in [5.41, 5.74) is 10.1.